The van der Waals surface area contributed by atoms with E-state index >= 15 is 0 Å². The number of aryl methyl sites for hydroxylation is 3. The molecule has 0 amide bonds. The highest BCUT2D eigenvalue weighted by molar-refractivity contribution is 9.10. The molecule has 0 radical (unpaired) electrons. The van der Waals surface area contributed by atoms with Gasteiger partial charge in [-0.2, -0.15) is 0 Å². The van der Waals surface area contributed by atoms with E-state index in [-0.39, 0.29) is 11.9 Å². The van der Waals surface area contributed by atoms with Gasteiger partial charge in [0, 0.05) is 22.6 Å². The number of hydrogen-bond donors (Lipinski definition) is 1. The number of rotatable bonds is 4. The Morgan fingerprint density at radius 1 is 1.10 bits per heavy atom. The van der Waals surface area contributed by atoms with Crippen molar-refractivity contribution in [3.05, 3.63) is 68.4 Å². The van der Waals surface area contributed by atoms with E-state index in [0.717, 1.165) is 4.47 Å². The van der Waals surface area contributed by atoms with E-state index in [1.54, 1.807) is 6.07 Å². The minimum atomic E-state index is -0.171. The van der Waals surface area contributed by atoms with Crippen molar-refractivity contribution in [2.75, 3.05) is 0 Å². The Morgan fingerprint density at radius 2 is 1.71 bits per heavy atom. The summed E-state index contributed by atoms with van der Waals surface area (Å²) in [6, 6.07) is 9.61. The minimum Gasteiger partial charge on any atom is -0.306 e. The molecule has 0 aliphatic heterocycles. The largest absolute Gasteiger partial charge is 0.306 e. The van der Waals surface area contributed by atoms with Crippen LogP contribution in [0.25, 0.3) is 0 Å². The summed E-state index contributed by atoms with van der Waals surface area (Å²) in [4.78, 5) is 0. The van der Waals surface area contributed by atoms with Crippen molar-refractivity contribution in [3.8, 4) is 0 Å². The Balaban J connectivity index is 2.15. The van der Waals surface area contributed by atoms with Crippen LogP contribution in [0.2, 0.25) is 0 Å². The van der Waals surface area contributed by atoms with Gasteiger partial charge >= 0.3 is 0 Å². The van der Waals surface area contributed by atoms with Gasteiger partial charge in [0.1, 0.15) is 5.82 Å². The zero-order chi connectivity index (χ0) is 15.6. The van der Waals surface area contributed by atoms with Gasteiger partial charge in [-0.3, -0.25) is 0 Å². The second-order valence-corrected chi connectivity index (χ2v) is 6.57. The van der Waals surface area contributed by atoms with Crippen LogP contribution in [-0.2, 0) is 6.54 Å². The fourth-order valence-electron chi connectivity index (χ4n) is 2.92. The van der Waals surface area contributed by atoms with Crippen LogP contribution < -0.4 is 5.32 Å². The zero-order valence-electron chi connectivity index (χ0n) is 12.9. The van der Waals surface area contributed by atoms with E-state index in [1.807, 2.05) is 6.07 Å². The van der Waals surface area contributed by atoms with E-state index in [2.05, 4.69) is 61.1 Å². The van der Waals surface area contributed by atoms with Crippen LogP contribution in [0, 0.1) is 26.6 Å². The van der Waals surface area contributed by atoms with Crippen molar-refractivity contribution in [2.45, 2.75) is 40.3 Å². The normalized spacial score (nSPS) is 12.5. The van der Waals surface area contributed by atoms with E-state index in [1.165, 1.54) is 28.3 Å². The molecule has 1 atom stereocenters. The molecule has 1 nitrogen and oxygen atoms in total. The maximum absolute atomic E-state index is 13.8. The average molecular weight is 350 g/mol. The Hall–Kier alpha value is -1.19. The molecular weight excluding hydrogens is 329 g/mol. The molecular formula is C18H21BrFN. The number of halogens is 2. The van der Waals surface area contributed by atoms with E-state index in [9.17, 15) is 4.39 Å². The average Bonchev–Trinajstić information content (AvgIpc) is 2.38. The van der Waals surface area contributed by atoms with Crippen molar-refractivity contribution in [2.24, 2.45) is 0 Å². The molecule has 112 valence electrons. The molecule has 0 aliphatic rings. The predicted molar refractivity (Wildman–Crippen MR) is 90.0 cm³/mol. The van der Waals surface area contributed by atoms with Gasteiger partial charge < -0.3 is 5.32 Å². The van der Waals surface area contributed by atoms with Gasteiger partial charge in [0.2, 0.25) is 0 Å². The predicted octanol–water partition coefficient (Wildman–Crippen LogP) is 5.36. The van der Waals surface area contributed by atoms with Gasteiger partial charge in [0.25, 0.3) is 0 Å². The van der Waals surface area contributed by atoms with Crippen LogP contribution in [0.1, 0.15) is 40.8 Å². The Morgan fingerprint density at radius 3 is 2.33 bits per heavy atom. The summed E-state index contributed by atoms with van der Waals surface area (Å²) in [7, 11) is 0. The van der Waals surface area contributed by atoms with Gasteiger partial charge in [0.05, 0.1) is 0 Å². The monoisotopic (exact) mass is 349 g/mol. The molecule has 0 spiro atoms. The van der Waals surface area contributed by atoms with E-state index in [0.29, 0.717) is 12.1 Å². The van der Waals surface area contributed by atoms with Crippen molar-refractivity contribution < 1.29 is 4.39 Å². The lowest BCUT2D eigenvalue weighted by molar-refractivity contribution is 0.541. The van der Waals surface area contributed by atoms with E-state index < -0.39 is 0 Å². The highest BCUT2D eigenvalue weighted by atomic mass is 79.9. The van der Waals surface area contributed by atoms with Crippen LogP contribution in [0.5, 0.6) is 0 Å². The summed E-state index contributed by atoms with van der Waals surface area (Å²) >= 11 is 3.38. The topological polar surface area (TPSA) is 12.0 Å². The lowest BCUT2D eigenvalue weighted by Crippen LogP contribution is -2.20. The summed E-state index contributed by atoms with van der Waals surface area (Å²) in [6.45, 7) is 9.01. The number of benzene rings is 2. The highest BCUT2D eigenvalue weighted by Gasteiger charge is 2.12. The van der Waals surface area contributed by atoms with Gasteiger partial charge in [-0.05, 0) is 62.6 Å². The summed E-state index contributed by atoms with van der Waals surface area (Å²) in [5.74, 6) is -0.171. The first kappa shape index (κ1) is 16.2. The summed E-state index contributed by atoms with van der Waals surface area (Å²) in [5, 5.41) is 3.42. The Labute approximate surface area is 134 Å². The summed E-state index contributed by atoms with van der Waals surface area (Å²) in [5.41, 5.74) is 5.82. The molecule has 1 N–H and O–H groups in total. The zero-order valence-corrected chi connectivity index (χ0v) is 14.5. The summed E-state index contributed by atoms with van der Waals surface area (Å²) < 4.78 is 14.7. The van der Waals surface area contributed by atoms with Crippen LogP contribution in [-0.4, -0.2) is 0 Å². The van der Waals surface area contributed by atoms with Crippen molar-refractivity contribution >= 4 is 15.9 Å². The van der Waals surface area contributed by atoms with Crippen LogP contribution >= 0.6 is 15.9 Å². The molecule has 0 aliphatic carbocycles. The molecule has 0 bridgehead atoms. The second kappa shape index (κ2) is 6.71. The highest BCUT2D eigenvalue weighted by Crippen LogP contribution is 2.24. The third-order valence-corrected chi connectivity index (χ3v) is 4.27. The van der Waals surface area contributed by atoms with Crippen LogP contribution in [0.15, 0.2) is 34.8 Å². The summed E-state index contributed by atoms with van der Waals surface area (Å²) in [6.07, 6.45) is 0. The van der Waals surface area contributed by atoms with Crippen LogP contribution in [0.3, 0.4) is 0 Å². The molecule has 2 rings (SSSR count). The Kier molecular flexibility index (Phi) is 5.17. The van der Waals surface area contributed by atoms with Gasteiger partial charge in [0.15, 0.2) is 0 Å². The van der Waals surface area contributed by atoms with Gasteiger partial charge in [-0.25, -0.2) is 4.39 Å². The first-order chi connectivity index (χ1) is 9.88. The molecule has 21 heavy (non-hydrogen) atoms. The molecule has 0 saturated carbocycles. The maximum atomic E-state index is 13.8. The smallest absolute Gasteiger partial charge is 0.127 e. The first-order valence-corrected chi connectivity index (χ1v) is 7.93. The number of hydrogen-bond acceptors (Lipinski definition) is 1. The van der Waals surface area contributed by atoms with Crippen molar-refractivity contribution in [1.29, 1.82) is 0 Å². The molecule has 2 aromatic rings. The molecule has 0 saturated heterocycles. The van der Waals surface area contributed by atoms with Gasteiger partial charge in [-0.15, -0.1) is 0 Å². The quantitative estimate of drug-likeness (QED) is 0.782. The molecule has 2 aromatic carbocycles. The molecule has 1 unspecified atom stereocenters. The first-order valence-electron chi connectivity index (χ1n) is 7.13. The van der Waals surface area contributed by atoms with Crippen molar-refractivity contribution in [3.63, 3.8) is 0 Å². The fourth-order valence-corrected chi connectivity index (χ4v) is 3.33. The van der Waals surface area contributed by atoms with Crippen LogP contribution in [0.4, 0.5) is 4.39 Å². The molecule has 0 heterocycles. The lowest BCUT2D eigenvalue weighted by Gasteiger charge is -2.20. The SMILES string of the molecule is Cc1cc(C)c(C(C)NCc2cc(Br)ccc2F)c(C)c1. The minimum absolute atomic E-state index is 0.171. The fraction of sp³-hybridized carbons (Fsp3) is 0.333. The second-order valence-electron chi connectivity index (χ2n) is 5.65. The van der Waals surface area contributed by atoms with Gasteiger partial charge in [-0.1, -0.05) is 33.6 Å². The standard InChI is InChI=1S/C18H21BrFN/c1-11-7-12(2)18(13(3)8-11)14(4)21-10-15-9-16(19)5-6-17(15)20/h5-9,14,21H,10H2,1-4H3. The molecule has 0 aromatic heterocycles. The molecule has 0 fully saturated rings. The maximum Gasteiger partial charge on any atom is 0.127 e. The third kappa shape index (κ3) is 3.92. The lowest BCUT2D eigenvalue weighted by atomic mass is 9.95. The molecule has 3 heteroatoms. The Bertz CT molecular complexity index is 629. The third-order valence-electron chi connectivity index (χ3n) is 3.78. The number of nitrogens with one attached hydrogen (secondary N) is 1. The van der Waals surface area contributed by atoms with E-state index in [4.69, 9.17) is 0 Å². The van der Waals surface area contributed by atoms with Crippen molar-refractivity contribution in [1.82, 2.24) is 5.32 Å².